The Labute approximate surface area is 151 Å². The van der Waals surface area contributed by atoms with Crippen LogP contribution in [0.5, 0.6) is 0 Å². The Kier molecular flexibility index (Phi) is 6.46. The number of imidazole rings is 1. The van der Waals surface area contributed by atoms with E-state index in [-0.39, 0.29) is 19.5 Å². The molecule has 0 saturated carbocycles. The van der Waals surface area contributed by atoms with Crippen LogP contribution in [0.15, 0.2) is 30.5 Å². The molecule has 0 fully saturated rings. The number of esters is 1. The maximum Gasteiger partial charge on any atom is 0.306 e. The van der Waals surface area contributed by atoms with Crippen molar-refractivity contribution in [2.75, 3.05) is 20.7 Å². The number of nitriles is 1. The second kappa shape index (κ2) is 8.57. The van der Waals surface area contributed by atoms with Gasteiger partial charge in [-0.2, -0.15) is 22.7 Å². The summed E-state index contributed by atoms with van der Waals surface area (Å²) >= 11 is 0. The van der Waals surface area contributed by atoms with Gasteiger partial charge in [0.25, 0.3) is 10.2 Å². The standard InChI is InChI=1S/C16H19N5O4S/c1-21(7-6-16(22)25-2)26(23,24)19-11-15-18-10-14(20-15)13-5-3-4-12(8-13)9-17/h3-5,8,10,19H,6-7,11H2,1-2H3,(H,18,20). The molecule has 10 heteroatoms. The topological polar surface area (TPSA) is 128 Å². The molecule has 0 aliphatic heterocycles. The van der Waals surface area contributed by atoms with E-state index in [0.29, 0.717) is 17.1 Å². The van der Waals surface area contributed by atoms with Gasteiger partial charge in [-0.15, -0.1) is 0 Å². The van der Waals surface area contributed by atoms with Gasteiger partial charge in [0, 0.05) is 19.2 Å². The predicted octanol–water partition coefficient (Wildman–Crippen LogP) is 0.778. The molecule has 0 aliphatic rings. The highest BCUT2D eigenvalue weighted by Gasteiger charge is 2.19. The number of aromatic nitrogens is 2. The lowest BCUT2D eigenvalue weighted by Crippen LogP contribution is -2.39. The number of aromatic amines is 1. The van der Waals surface area contributed by atoms with Crippen molar-refractivity contribution in [1.82, 2.24) is 19.0 Å². The van der Waals surface area contributed by atoms with Gasteiger partial charge in [0.1, 0.15) is 5.82 Å². The van der Waals surface area contributed by atoms with E-state index in [1.165, 1.54) is 14.2 Å². The Morgan fingerprint density at radius 3 is 2.92 bits per heavy atom. The van der Waals surface area contributed by atoms with Crippen LogP contribution in [0.2, 0.25) is 0 Å². The van der Waals surface area contributed by atoms with E-state index in [1.54, 1.807) is 24.4 Å². The lowest BCUT2D eigenvalue weighted by atomic mass is 10.1. The molecule has 2 rings (SSSR count). The Morgan fingerprint density at radius 1 is 1.46 bits per heavy atom. The molecule has 2 N–H and O–H groups in total. The third-order valence-corrected chi connectivity index (χ3v) is 5.13. The molecule has 0 radical (unpaired) electrons. The van der Waals surface area contributed by atoms with Crippen LogP contribution in [0.1, 0.15) is 17.8 Å². The Hall–Kier alpha value is -2.74. The molecule has 0 bridgehead atoms. The van der Waals surface area contributed by atoms with Gasteiger partial charge in [-0.1, -0.05) is 12.1 Å². The number of H-pyrrole nitrogens is 1. The van der Waals surface area contributed by atoms with Gasteiger partial charge in [-0.05, 0) is 12.1 Å². The summed E-state index contributed by atoms with van der Waals surface area (Å²) in [5, 5.41) is 8.95. The first-order valence-electron chi connectivity index (χ1n) is 7.68. The fraction of sp³-hybridized carbons (Fsp3) is 0.312. The van der Waals surface area contributed by atoms with Gasteiger partial charge in [-0.3, -0.25) is 4.79 Å². The third-order valence-electron chi connectivity index (χ3n) is 3.62. The minimum absolute atomic E-state index is 0.00631. The highest BCUT2D eigenvalue weighted by Crippen LogP contribution is 2.18. The molecule has 2 aromatic rings. The van der Waals surface area contributed by atoms with E-state index in [0.717, 1.165) is 9.87 Å². The zero-order chi connectivity index (χ0) is 19.2. The summed E-state index contributed by atoms with van der Waals surface area (Å²) in [6.07, 6.45) is 1.54. The first-order valence-corrected chi connectivity index (χ1v) is 9.12. The average Bonchev–Trinajstić information content (AvgIpc) is 3.13. The van der Waals surface area contributed by atoms with Crippen molar-refractivity contribution in [3.8, 4) is 17.3 Å². The summed E-state index contributed by atoms with van der Waals surface area (Å²) in [5.41, 5.74) is 1.97. The first-order chi connectivity index (χ1) is 12.4. The van der Waals surface area contributed by atoms with Crippen molar-refractivity contribution in [1.29, 1.82) is 5.26 Å². The first kappa shape index (κ1) is 19.6. The van der Waals surface area contributed by atoms with Crippen molar-refractivity contribution >= 4 is 16.2 Å². The number of benzene rings is 1. The minimum atomic E-state index is -3.76. The number of carbonyl (C=O) groups excluding carboxylic acids is 1. The van der Waals surface area contributed by atoms with Crippen LogP contribution in [0.25, 0.3) is 11.3 Å². The average molecular weight is 377 g/mol. The number of methoxy groups -OCH3 is 1. The fourth-order valence-corrected chi connectivity index (χ4v) is 2.97. The third kappa shape index (κ3) is 5.13. The largest absolute Gasteiger partial charge is 0.469 e. The summed E-state index contributed by atoms with van der Waals surface area (Å²) in [6, 6.07) is 9.04. The molecule has 0 amide bonds. The Bertz CT molecular complexity index is 917. The summed E-state index contributed by atoms with van der Waals surface area (Å²) < 4.78 is 32.2. The predicted molar refractivity (Wildman–Crippen MR) is 93.8 cm³/mol. The van der Waals surface area contributed by atoms with Crippen molar-refractivity contribution in [2.45, 2.75) is 13.0 Å². The van der Waals surface area contributed by atoms with Crippen molar-refractivity contribution in [3.05, 3.63) is 41.9 Å². The van der Waals surface area contributed by atoms with E-state index < -0.39 is 16.2 Å². The molecular formula is C16H19N5O4S. The molecule has 9 nitrogen and oxygen atoms in total. The number of rotatable bonds is 8. The summed E-state index contributed by atoms with van der Waals surface area (Å²) in [6.45, 7) is -0.0325. The van der Waals surface area contributed by atoms with Gasteiger partial charge in [0.15, 0.2) is 0 Å². The van der Waals surface area contributed by atoms with Crippen LogP contribution >= 0.6 is 0 Å². The van der Waals surface area contributed by atoms with Crippen molar-refractivity contribution < 1.29 is 17.9 Å². The van der Waals surface area contributed by atoms with Crippen LogP contribution in [0.4, 0.5) is 0 Å². The summed E-state index contributed by atoms with van der Waals surface area (Å²) in [4.78, 5) is 18.3. The summed E-state index contributed by atoms with van der Waals surface area (Å²) in [5.74, 6) is -0.0605. The van der Waals surface area contributed by atoms with Gasteiger partial charge >= 0.3 is 5.97 Å². The number of nitrogens with one attached hydrogen (secondary N) is 2. The molecule has 0 atom stereocenters. The Balaban J connectivity index is 1.98. The maximum atomic E-state index is 12.1. The lowest BCUT2D eigenvalue weighted by Gasteiger charge is -2.16. The molecule has 0 spiro atoms. The number of carbonyl (C=O) groups is 1. The van der Waals surface area contributed by atoms with E-state index in [4.69, 9.17) is 5.26 Å². The molecule has 0 unspecified atom stereocenters. The lowest BCUT2D eigenvalue weighted by molar-refractivity contribution is -0.140. The van der Waals surface area contributed by atoms with E-state index in [9.17, 15) is 13.2 Å². The minimum Gasteiger partial charge on any atom is -0.469 e. The van der Waals surface area contributed by atoms with Crippen LogP contribution < -0.4 is 4.72 Å². The van der Waals surface area contributed by atoms with Crippen LogP contribution in [-0.2, 0) is 26.3 Å². The molecule has 1 aromatic heterocycles. The fourth-order valence-electron chi connectivity index (χ4n) is 2.10. The van der Waals surface area contributed by atoms with Crippen LogP contribution in [0.3, 0.4) is 0 Å². The second-order valence-electron chi connectivity index (χ2n) is 5.41. The zero-order valence-corrected chi connectivity index (χ0v) is 15.2. The molecule has 26 heavy (non-hydrogen) atoms. The quantitative estimate of drug-likeness (QED) is 0.654. The molecule has 138 valence electrons. The maximum absolute atomic E-state index is 12.1. The van der Waals surface area contributed by atoms with Crippen molar-refractivity contribution in [2.24, 2.45) is 0 Å². The SMILES string of the molecule is COC(=O)CCN(C)S(=O)(=O)NCc1ncc(-c2cccc(C#N)c2)[nH]1. The number of ether oxygens (including phenoxy) is 1. The second-order valence-corrected chi connectivity index (χ2v) is 7.27. The highest BCUT2D eigenvalue weighted by molar-refractivity contribution is 7.87. The smallest absolute Gasteiger partial charge is 0.306 e. The van der Waals surface area contributed by atoms with Crippen LogP contribution in [0, 0.1) is 11.3 Å². The molecule has 0 saturated heterocycles. The molecule has 1 aromatic carbocycles. The van der Waals surface area contributed by atoms with E-state index >= 15 is 0 Å². The number of nitrogens with zero attached hydrogens (tertiary/aromatic N) is 3. The Morgan fingerprint density at radius 2 is 2.23 bits per heavy atom. The van der Waals surface area contributed by atoms with Gasteiger partial charge in [0.05, 0.1) is 43.6 Å². The van der Waals surface area contributed by atoms with Gasteiger partial charge in [0.2, 0.25) is 0 Å². The molecular weight excluding hydrogens is 358 g/mol. The summed E-state index contributed by atoms with van der Waals surface area (Å²) in [7, 11) is -1.14. The molecule has 0 aliphatic carbocycles. The van der Waals surface area contributed by atoms with Crippen molar-refractivity contribution in [3.63, 3.8) is 0 Å². The van der Waals surface area contributed by atoms with E-state index in [1.807, 2.05) is 6.07 Å². The number of hydrogen-bond acceptors (Lipinski definition) is 6. The monoisotopic (exact) mass is 377 g/mol. The number of hydrogen-bond donors (Lipinski definition) is 2. The zero-order valence-electron chi connectivity index (χ0n) is 14.4. The van der Waals surface area contributed by atoms with Gasteiger partial charge < -0.3 is 9.72 Å². The van der Waals surface area contributed by atoms with Gasteiger partial charge in [-0.25, -0.2) is 4.98 Å². The normalized spacial score (nSPS) is 11.3. The van der Waals surface area contributed by atoms with Crippen LogP contribution in [-0.4, -0.2) is 49.4 Å². The highest BCUT2D eigenvalue weighted by atomic mass is 32.2. The van der Waals surface area contributed by atoms with E-state index in [2.05, 4.69) is 25.5 Å². The molecule has 1 heterocycles.